The van der Waals surface area contributed by atoms with Gasteiger partial charge in [-0.15, -0.1) is 0 Å². The minimum absolute atomic E-state index is 0.244. The van der Waals surface area contributed by atoms with E-state index in [0.717, 1.165) is 5.56 Å². The summed E-state index contributed by atoms with van der Waals surface area (Å²) in [7, 11) is -3.67. The van der Waals surface area contributed by atoms with Crippen molar-refractivity contribution in [1.82, 2.24) is 4.98 Å². The van der Waals surface area contributed by atoms with Gasteiger partial charge in [0.15, 0.2) is 5.25 Å². The second kappa shape index (κ2) is 4.94. The van der Waals surface area contributed by atoms with Crippen LogP contribution in [0.25, 0.3) is 0 Å². The average Bonchev–Trinajstić information content (AvgIpc) is 2.18. The van der Waals surface area contributed by atoms with E-state index in [4.69, 9.17) is 5.26 Å². The third-order valence-electron chi connectivity index (χ3n) is 2.05. The van der Waals surface area contributed by atoms with E-state index in [1.54, 1.807) is 25.1 Å². The van der Waals surface area contributed by atoms with Gasteiger partial charge in [0.2, 0.25) is 10.0 Å². The monoisotopic (exact) mass is 239 g/mol. The summed E-state index contributed by atoms with van der Waals surface area (Å²) in [5.74, 6) is 0.244. The van der Waals surface area contributed by atoms with E-state index in [1.807, 2.05) is 6.92 Å². The van der Waals surface area contributed by atoms with Crippen molar-refractivity contribution in [3.63, 3.8) is 0 Å². The van der Waals surface area contributed by atoms with Crippen LogP contribution in [0.3, 0.4) is 0 Å². The zero-order valence-corrected chi connectivity index (χ0v) is 9.95. The highest BCUT2D eigenvalue weighted by atomic mass is 32.2. The Morgan fingerprint density at radius 1 is 1.62 bits per heavy atom. The fraction of sp³-hybridized carbons (Fsp3) is 0.400. The minimum Gasteiger partial charge on any atom is -0.266 e. The maximum Gasteiger partial charge on any atom is 0.250 e. The first-order valence-corrected chi connectivity index (χ1v) is 6.38. The zero-order valence-electron chi connectivity index (χ0n) is 9.14. The molecule has 5 nitrogen and oxygen atoms in total. The van der Waals surface area contributed by atoms with Gasteiger partial charge in [-0.1, -0.05) is 6.92 Å². The maximum atomic E-state index is 11.7. The molecular weight excluding hydrogens is 226 g/mol. The molecular formula is C10H13N3O2S. The van der Waals surface area contributed by atoms with Crippen LogP contribution in [0.4, 0.5) is 5.82 Å². The van der Waals surface area contributed by atoms with Crippen molar-refractivity contribution in [2.24, 2.45) is 0 Å². The van der Waals surface area contributed by atoms with Crippen molar-refractivity contribution in [2.75, 3.05) is 4.72 Å². The van der Waals surface area contributed by atoms with Crippen LogP contribution >= 0.6 is 0 Å². The molecule has 1 aromatic heterocycles. The fourth-order valence-electron chi connectivity index (χ4n) is 1.19. The van der Waals surface area contributed by atoms with Crippen molar-refractivity contribution in [1.29, 1.82) is 5.26 Å². The van der Waals surface area contributed by atoms with Crippen molar-refractivity contribution < 1.29 is 8.42 Å². The SMILES string of the molecule is CCC(C#N)S(=O)(=O)Nc1cc(C)ccn1. The lowest BCUT2D eigenvalue weighted by molar-refractivity contribution is 0.592. The Labute approximate surface area is 95.2 Å². The van der Waals surface area contributed by atoms with Crippen LogP contribution in [0.15, 0.2) is 18.3 Å². The molecule has 86 valence electrons. The van der Waals surface area contributed by atoms with E-state index in [1.165, 1.54) is 6.20 Å². The molecule has 0 aromatic carbocycles. The number of rotatable bonds is 4. The second-order valence-electron chi connectivity index (χ2n) is 3.39. The quantitative estimate of drug-likeness (QED) is 0.861. The van der Waals surface area contributed by atoms with Gasteiger partial charge in [0.25, 0.3) is 0 Å². The molecule has 1 heterocycles. The summed E-state index contributed by atoms with van der Waals surface area (Å²) in [4.78, 5) is 3.88. The first-order valence-electron chi connectivity index (χ1n) is 4.83. The molecule has 0 saturated heterocycles. The highest BCUT2D eigenvalue weighted by Crippen LogP contribution is 2.12. The topological polar surface area (TPSA) is 82.8 Å². The average molecular weight is 239 g/mol. The number of nitrogens with zero attached hydrogens (tertiary/aromatic N) is 2. The third-order valence-corrected chi connectivity index (χ3v) is 3.73. The van der Waals surface area contributed by atoms with Crippen molar-refractivity contribution >= 4 is 15.8 Å². The van der Waals surface area contributed by atoms with E-state index in [-0.39, 0.29) is 12.2 Å². The Morgan fingerprint density at radius 2 is 2.31 bits per heavy atom. The molecule has 0 aliphatic rings. The van der Waals surface area contributed by atoms with Gasteiger partial charge in [-0.2, -0.15) is 5.26 Å². The maximum absolute atomic E-state index is 11.7. The number of nitrogens with one attached hydrogen (secondary N) is 1. The van der Waals surface area contributed by atoms with Crippen LogP contribution in [0, 0.1) is 18.3 Å². The summed E-state index contributed by atoms with van der Waals surface area (Å²) >= 11 is 0. The summed E-state index contributed by atoms with van der Waals surface area (Å²) in [6.45, 7) is 3.48. The number of hydrogen-bond acceptors (Lipinski definition) is 4. The Morgan fingerprint density at radius 3 is 2.81 bits per heavy atom. The van der Waals surface area contributed by atoms with Gasteiger partial charge in [0.05, 0.1) is 6.07 Å². The number of pyridine rings is 1. The molecule has 0 spiro atoms. The first kappa shape index (κ1) is 12.5. The van der Waals surface area contributed by atoms with Crippen molar-refractivity contribution in [3.05, 3.63) is 23.9 Å². The summed E-state index contributed by atoms with van der Waals surface area (Å²) in [6, 6.07) is 5.12. The van der Waals surface area contributed by atoms with E-state index < -0.39 is 15.3 Å². The molecule has 0 fully saturated rings. The lowest BCUT2D eigenvalue weighted by Crippen LogP contribution is -2.26. The number of aryl methyl sites for hydroxylation is 1. The van der Waals surface area contributed by atoms with Crippen molar-refractivity contribution in [3.8, 4) is 6.07 Å². The number of sulfonamides is 1. The highest BCUT2D eigenvalue weighted by molar-refractivity contribution is 7.93. The summed E-state index contributed by atoms with van der Waals surface area (Å²) < 4.78 is 25.7. The van der Waals surface area contributed by atoms with Gasteiger partial charge in [0.1, 0.15) is 5.82 Å². The van der Waals surface area contributed by atoms with E-state index in [9.17, 15) is 8.42 Å². The fourth-order valence-corrected chi connectivity index (χ4v) is 2.31. The Balaban J connectivity index is 2.94. The van der Waals surface area contributed by atoms with Gasteiger partial charge in [-0.25, -0.2) is 13.4 Å². The molecule has 0 radical (unpaired) electrons. The third kappa shape index (κ3) is 2.94. The molecule has 6 heteroatoms. The largest absolute Gasteiger partial charge is 0.266 e. The molecule has 0 saturated carbocycles. The van der Waals surface area contributed by atoms with Crippen LogP contribution in [0.5, 0.6) is 0 Å². The van der Waals surface area contributed by atoms with Gasteiger partial charge in [0, 0.05) is 6.20 Å². The molecule has 1 rings (SSSR count). The lowest BCUT2D eigenvalue weighted by Gasteiger charge is -2.10. The molecule has 0 bridgehead atoms. The second-order valence-corrected chi connectivity index (χ2v) is 5.25. The summed E-state index contributed by atoms with van der Waals surface area (Å²) in [5, 5.41) is 7.66. The normalized spacial score (nSPS) is 12.8. The van der Waals surface area contributed by atoms with E-state index in [2.05, 4.69) is 9.71 Å². The summed E-state index contributed by atoms with van der Waals surface area (Å²) in [6.07, 6.45) is 1.76. The van der Waals surface area contributed by atoms with Gasteiger partial charge < -0.3 is 0 Å². The van der Waals surface area contributed by atoms with Crippen LogP contribution in [0.1, 0.15) is 18.9 Å². The number of anilines is 1. The molecule has 0 amide bonds. The van der Waals surface area contributed by atoms with Gasteiger partial charge in [-0.3, -0.25) is 4.72 Å². The van der Waals surface area contributed by atoms with Crippen LogP contribution in [0.2, 0.25) is 0 Å². The molecule has 1 atom stereocenters. The van der Waals surface area contributed by atoms with Crippen molar-refractivity contribution in [2.45, 2.75) is 25.5 Å². The highest BCUT2D eigenvalue weighted by Gasteiger charge is 2.23. The zero-order chi connectivity index (χ0) is 12.2. The standard InChI is InChI=1S/C10H13N3O2S/c1-3-9(7-11)16(14,15)13-10-6-8(2)4-5-12-10/h4-6,9H,3H2,1-2H3,(H,12,13). The minimum atomic E-state index is -3.67. The Hall–Kier alpha value is -1.61. The van der Waals surface area contributed by atoms with Crippen LogP contribution in [-0.4, -0.2) is 18.7 Å². The lowest BCUT2D eigenvalue weighted by atomic mass is 10.3. The molecule has 1 unspecified atom stereocenters. The molecule has 0 aliphatic carbocycles. The van der Waals surface area contributed by atoms with Crippen LogP contribution < -0.4 is 4.72 Å². The van der Waals surface area contributed by atoms with Crippen LogP contribution in [-0.2, 0) is 10.0 Å². The van der Waals surface area contributed by atoms with Gasteiger partial charge in [-0.05, 0) is 31.0 Å². The molecule has 0 aliphatic heterocycles. The molecule has 1 N–H and O–H groups in total. The number of nitriles is 1. The Bertz CT molecular complexity index is 505. The number of aromatic nitrogens is 1. The smallest absolute Gasteiger partial charge is 0.250 e. The predicted molar refractivity (Wildman–Crippen MR) is 61.2 cm³/mol. The summed E-state index contributed by atoms with van der Waals surface area (Å²) in [5.41, 5.74) is 0.901. The number of hydrogen-bond donors (Lipinski definition) is 1. The molecule has 16 heavy (non-hydrogen) atoms. The van der Waals surface area contributed by atoms with Gasteiger partial charge >= 0.3 is 0 Å². The van der Waals surface area contributed by atoms with E-state index in [0.29, 0.717) is 0 Å². The predicted octanol–water partition coefficient (Wildman–Crippen LogP) is 1.43. The first-order chi connectivity index (χ1) is 7.49. The molecule has 1 aromatic rings. The Kier molecular flexibility index (Phi) is 3.85. The van der Waals surface area contributed by atoms with E-state index >= 15 is 0 Å².